The summed E-state index contributed by atoms with van der Waals surface area (Å²) in [6, 6.07) is 0. The van der Waals surface area contributed by atoms with Gasteiger partial charge < -0.3 is 14.2 Å². The summed E-state index contributed by atoms with van der Waals surface area (Å²) < 4.78 is 16.7. The van der Waals surface area contributed by atoms with E-state index in [9.17, 15) is 14.4 Å². The first kappa shape index (κ1) is 64.1. The average Bonchev–Trinajstić information content (AvgIpc) is 3.34. The van der Waals surface area contributed by atoms with Gasteiger partial charge in [0.25, 0.3) is 0 Å². The van der Waals surface area contributed by atoms with Crippen LogP contribution in [0.25, 0.3) is 0 Å². The Kier molecular flexibility index (Phi) is 52.4. The van der Waals surface area contributed by atoms with Crippen LogP contribution >= 0.6 is 0 Å². The number of carbonyl (C=O) groups is 3. The fourth-order valence-electron chi connectivity index (χ4n) is 7.29. The molecule has 0 saturated heterocycles. The van der Waals surface area contributed by atoms with Gasteiger partial charge in [-0.05, 0) is 103 Å². The number of hydrogen-bond donors (Lipinski definition) is 0. The number of hydrogen-bond acceptors (Lipinski definition) is 6. The molecule has 0 saturated carbocycles. The molecule has 6 heteroatoms. The zero-order chi connectivity index (χ0) is 49.3. The van der Waals surface area contributed by atoms with Gasteiger partial charge in [-0.1, -0.05) is 233 Å². The van der Waals surface area contributed by atoms with Gasteiger partial charge in [0.2, 0.25) is 0 Å². The molecule has 0 spiro atoms. The fourth-order valence-corrected chi connectivity index (χ4v) is 7.29. The Hall–Kier alpha value is -3.93. The van der Waals surface area contributed by atoms with Gasteiger partial charge in [0.05, 0.1) is 0 Å². The van der Waals surface area contributed by atoms with E-state index in [1.54, 1.807) is 0 Å². The minimum atomic E-state index is -0.831. The lowest BCUT2D eigenvalue weighted by Crippen LogP contribution is -2.30. The molecule has 0 rings (SSSR count). The van der Waals surface area contributed by atoms with Crippen LogP contribution in [0.5, 0.6) is 0 Å². The van der Waals surface area contributed by atoms with Crippen LogP contribution in [0.3, 0.4) is 0 Å². The molecule has 0 aliphatic carbocycles. The highest BCUT2D eigenvalue weighted by molar-refractivity contribution is 5.71. The van der Waals surface area contributed by atoms with Crippen LogP contribution in [0.15, 0.2) is 109 Å². The van der Waals surface area contributed by atoms with Gasteiger partial charge in [0.15, 0.2) is 6.10 Å². The average molecular weight is 943 g/mol. The largest absolute Gasteiger partial charge is 0.462 e. The third kappa shape index (κ3) is 53.0. The highest BCUT2D eigenvalue weighted by Crippen LogP contribution is 2.14. The van der Waals surface area contributed by atoms with Gasteiger partial charge in [0, 0.05) is 19.3 Å². The van der Waals surface area contributed by atoms with Crippen LogP contribution in [0.2, 0.25) is 0 Å². The molecule has 0 aromatic carbocycles. The van der Waals surface area contributed by atoms with Gasteiger partial charge in [-0.15, -0.1) is 0 Å². The van der Waals surface area contributed by atoms with E-state index in [0.29, 0.717) is 19.3 Å². The Morgan fingerprint density at radius 3 is 0.912 bits per heavy atom. The van der Waals surface area contributed by atoms with E-state index in [0.717, 1.165) is 89.9 Å². The van der Waals surface area contributed by atoms with Crippen molar-refractivity contribution in [3.63, 3.8) is 0 Å². The highest BCUT2D eigenvalue weighted by Gasteiger charge is 2.19. The molecule has 0 heterocycles. The Bertz CT molecular complexity index is 1410. The molecule has 0 bridgehead atoms. The summed E-state index contributed by atoms with van der Waals surface area (Å²) in [5, 5.41) is 0. The number of unbranched alkanes of at least 4 members (excludes halogenated alkanes) is 20. The topological polar surface area (TPSA) is 78.9 Å². The third-order valence-corrected chi connectivity index (χ3v) is 11.5. The quantitative estimate of drug-likeness (QED) is 0.0262. The minimum absolute atomic E-state index is 0.118. The predicted octanol–water partition coefficient (Wildman–Crippen LogP) is 18.7. The molecule has 0 N–H and O–H groups in total. The fraction of sp³-hybridized carbons (Fsp3) is 0.661. The van der Waals surface area contributed by atoms with Gasteiger partial charge in [-0.25, -0.2) is 0 Å². The maximum atomic E-state index is 12.8. The Morgan fingerprint density at radius 2 is 0.559 bits per heavy atom. The first-order valence-electron chi connectivity index (χ1n) is 27.9. The van der Waals surface area contributed by atoms with Crippen molar-refractivity contribution in [1.82, 2.24) is 0 Å². The highest BCUT2D eigenvalue weighted by atomic mass is 16.6. The molecule has 0 amide bonds. The summed E-state index contributed by atoms with van der Waals surface area (Å²) >= 11 is 0. The van der Waals surface area contributed by atoms with Crippen LogP contribution in [0, 0.1) is 0 Å². The third-order valence-electron chi connectivity index (χ3n) is 11.5. The Balaban J connectivity index is 4.55. The summed E-state index contributed by atoms with van der Waals surface area (Å²) in [5.74, 6) is -1.04. The lowest BCUT2D eigenvalue weighted by Gasteiger charge is -2.18. The predicted molar refractivity (Wildman–Crippen MR) is 293 cm³/mol. The molecule has 6 nitrogen and oxygen atoms in total. The van der Waals surface area contributed by atoms with Gasteiger partial charge >= 0.3 is 17.9 Å². The van der Waals surface area contributed by atoms with Crippen molar-refractivity contribution < 1.29 is 28.6 Å². The summed E-state index contributed by atoms with van der Waals surface area (Å²) in [5.41, 5.74) is 0. The Labute approximate surface area is 419 Å². The van der Waals surface area contributed by atoms with E-state index < -0.39 is 12.1 Å². The first-order valence-corrected chi connectivity index (χ1v) is 27.9. The molecule has 0 aromatic rings. The van der Waals surface area contributed by atoms with Crippen molar-refractivity contribution in [3.8, 4) is 0 Å². The lowest BCUT2D eigenvalue weighted by molar-refractivity contribution is -0.166. The van der Waals surface area contributed by atoms with Crippen LogP contribution in [-0.2, 0) is 28.6 Å². The summed E-state index contributed by atoms with van der Waals surface area (Å²) in [7, 11) is 0. The van der Waals surface area contributed by atoms with Gasteiger partial charge in [0.1, 0.15) is 13.2 Å². The molecule has 0 radical (unpaired) electrons. The summed E-state index contributed by atoms with van der Waals surface area (Å²) in [6.45, 7) is 6.49. The molecular formula is C62H102O6. The molecule has 0 aromatic heterocycles. The van der Waals surface area contributed by atoms with Gasteiger partial charge in [-0.3, -0.25) is 14.4 Å². The van der Waals surface area contributed by atoms with E-state index >= 15 is 0 Å². The molecule has 386 valence electrons. The van der Waals surface area contributed by atoms with Crippen molar-refractivity contribution in [1.29, 1.82) is 0 Å². The second-order valence-corrected chi connectivity index (χ2v) is 18.1. The normalized spacial score (nSPS) is 12.9. The second kappa shape index (κ2) is 55.7. The molecule has 0 aliphatic rings. The molecule has 1 atom stereocenters. The maximum Gasteiger partial charge on any atom is 0.306 e. The second-order valence-electron chi connectivity index (χ2n) is 18.1. The van der Waals surface area contributed by atoms with Crippen molar-refractivity contribution in [2.45, 2.75) is 252 Å². The van der Waals surface area contributed by atoms with E-state index in [4.69, 9.17) is 14.2 Å². The minimum Gasteiger partial charge on any atom is -0.462 e. The standard InChI is InChI=1S/C62H102O6/c1-4-7-10-13-16-19-22-25-27-29-31-33-35-37-40-43-46-49-52-55-61(64)67-58-59(57-66-60(63)54-51-48-45-42-39-24-21-18-15-12-9-6-3)68-62(65)56-53-50-47-44-41-38-36-34-32-30-28-26-23-20-17-14-11-8-5-2/h16-17,19-20,25-28,31-34,37-38,40-41,47,50,59H,4-15,18,21-24,29-30,35-36,39,42-46,48-49,51-58H2,1-3H3/b19-16-,20-17-,27-25-,28-26-,33-31-,34-32-,40-37-,41-38-,50-47-/t59-/m0/s1. The van der Waals surface area contributed by atoms with Crippen LogP contribution in [0.1, 0.15) is 245 Å². The summed E-state index contributed by atoms with van der Waals surface area (Å²) in [4.78, 5) is 38.0. The molecule has 68 heavy (non-hydrogen) atoms. The molecular weight excluding hydrogens is 841 g/mol. The van der Waals surface area contributed by atoms with Crippen LogP contribution in [0.4, 0.5) is 0 Å². The molecule has 0 unspecified atom stereocenters. The van der Waals surface area contributed by atoms with E-state index in [2.05, 4.69) is 118 Å². The monoisotopic (exact) mass is 943 g/mol. The SMILES string of the molecule is CCCCC/C=C\C/C=C\C/C=C\C/C=C\C/C=C\CCC(=O)O[C@H](COC(=O)CCCCC/C=C\C/C=C\C/C=C\C/C=C\CCCCC)COC(=O)CCCCCCCCCCCCCC. The zero-order valence-corrected chi connectivity index (χ0v) is 44.1. The van der Waals surface area contributed by atoms with Crippen LogP contribution < -0.4 is 0 Å². The van der Waals surface area contributed by atoms with Crippen LogP contribution in [-0.4, -0.2) is 37.2 Å². The number of rotatable bonds is 49. The maximum absolute atomic E-state index is 12.8. The first-order chi connectivity index (χ1) is 33.5. The zero-order valence-electron chi connectivity index (χ0n) is 44.1. The number of carbonyl (C=O) groups excluding carboxylic acids is 3. The molecule has 0 fully saturated rings. The lowest BCUT2D eigenvalue weighted by atomic mass is 10.0. The van der Waals surface area contributed by atoms with Crippen molar-refractivity contribution >= 4 is 17.9 Å². The van der Waals surface area contributed by atoms with E-state index in [1.165, 1.54) is 109 Å². The smallest absolute Gasteiger partial charge is 0.306 e. The van der Waals surface area contributed by atoms with Gasteiger partial charge in [-0.2, -0.15) is 0 Å². The van der Waals surface area contributed by atoms with Crippen molar-refractivity contribution in [2.75, 3.05) is 13.2 Å². The van der Waals surface area contributed by atoms with Crippen molar-refractivity contribution in [3.05, 3.63) is 109 Å². The number of allylic oxidation sites excluding steroid dienone is 18. The van der Waals surface area contributed by atoms with E-state index in [-0.39, 0.29) is 31.6 Å². The number of ether oxygens (including phenoxy) is 3. The van der Waals surface area contributed by atoms with Crippen molar-refractivity contribution in [2.24, 2.45) is 0 Å². The summed E-state index contributed by atoms with van der Waals surface area (Å²) in [6.07, 6.45) is 75.1. The molecule has 0 aliphatic heterocycles. The number of esters is 3. The van der Waals surface area contributed by atoms with E-state index in [1.807, 2.05) is 12.2 Å². The Morgan fingerprint density at radius 1 is 0.294 bits per heavy atom.